The molecule has 0 fully saturated rings. The van der Waals surface area contributed by atoms with Gasteiger partial charge in [-0.2, -0.15) is 44.6 Å². The Bertz CT molecular complexity index is 714. The van der Waals surface area contributed by atoms with Crippen molar-refractivity contribution in [3.8, 4) is 0 Å². The number of hydrazone groups is 1. The monoisotopic (exact) mass is 411 g/mol. The number of rotatable bonds is 3. The molecular weight excluding hydrogens is 401 g/mol. The average molecular weight is 411 g/mol. The first-order chi connectivity index (χ1) is 12.2. The minimum absolute atomic E-state index is 0.00646. The number of aromatic nitrogens is 1. The zero-order chi connectivity index (χ0) is 20.8. The van der Waals surface area contributed by atoms with E-state index in [4.69, 9.17) is 0 Å². The fourth-order valence-corrected chi connectivity index (χ4v) is 2.48. The normalized spacial score (nSPS) is 22.8. The minimum atomic E-state index is -5.41. The molecule has 1 aromatic rings. The first-order valence-corrected chi connectivity index (χ1v) is 6.92. The van der Waals surface area contributed by atoms with Gasteiger partial charge in [0.1, 0.15) is 0 Å². The van der Waals surface area contributed by atoms with Crippen molar-refractivity contribution in [3.05, 3.63) is 24.0 Å². The number of ether oxygens (including phenoxy) is 1. The van der Waals surface area contributed by atoms with Crippen LogP contribution in [-0.4, -0.2) is 47.6 Å². The highest BCUT2D eigenvalue weighted by Gasteiger charge is 2.59. The standard InChI is InChI=1S/C13H10F9N3O2/c1-27-9(13(20,21)22)7-8(12(17,18)19)24-25(10(7)26)6-2-5(3-23-4-6)11(14,15)16/h2-4,7,9-10,26H,1H3. The van der Waals surface area contributed by atoms with Crippen LogP contribution in [-0.2, 0) is 10.9 Å². The quantitative estimate of drug-likeness (QED) is 0.776. The largest absolute Gasteiger partial charge is 0.431 e. The van der Waals surface area contributed by atoms with Gasteiger partial charge in [-0.05, 0) is 6.07 Å². The van der Waals surface area contributed by atoms with E-state index in [0.29, 0.717) is 25.6 Å². The Hall–Kier alpha value is -2.09. The molecule has 2 rings (SSSR count). The summed E-state index contributed by atoms with van der Waals surface area (Å²) < 4.78 is 121. The van der Waals surface area contributed by atoms with Crippen LogP contribution in [0.1, 0.15) is 5.56 Å². The molecular formula is C13H10F9N3O2. The molecule has 1 aliphatic rings. The topological polar surface area (TPSA) is 58.0 Å². The number of pyridine rings is 1. The number of anilines is 1. The zero-order valence-corrected chi connectivity index (χ0v) is 13.1. The molecule has 152 valence electrons. The Kier molecular flexibility index (Phi) is 5.35. The van der Waals surface area contributed by atoms with Gasteiger partial charge in [-0.1, -0.05) is 0 Å². The summed E-state index contributed by atoms with van der Waals surface area (Å²) in [6.45, 7) is 0. The fraction of sp³-hybridized carbons (Fsp3) is 0.538. The summed E-state index contributed by atoms with van der Waals surface area (Å²) in [6.07, 6.45) is -20.4. The smallest absolute Gasteiger partial charge is 0.371 e. The Labute approximate surface area is 145 Å². The van der Waals surface area contributed by atoms with Crippen molar-refractivity contribution >= 4 is 11.4 Å². The number of nitrogens with zero attached hydrogens (tertiary/aromatic N) is 3. The molecule has 0 spiro atoms. The second-order valence-corrected chi connectivity index (χ2v) is 5.39. The van der Waals surface area contributed by atoms with Crippen LogP contribution in [0.4, 0.5) is 45.2 Å². The molecule has 2 heterocycles. The van der Waals surface area contributed by atoms with E-state index >= 15 is 0 Å². The third kappa shape index (κ3) is 4.26. The van der Waals surface area contributed by atoms with Crippen molar-refractivity contribution in [2.75, 3.05) is 12.1 Å². The van der Waals surface area contributed by atoms with Crippen molar-refractivity contribution in [2.45, 2.75) is 30.9 Å². The molecule has 1 aromatic heterocycles. The maximum atomic E-state index is 13.1. The number of halogens is 9. The van der Waals surface area contributed by atoms with Gasteiger partial charge in [0, 0.05) is 13.3 Å². The number of aliphatic hydroxyl groups is 1. The van der Waals surface area contributed by atoms with E-state index in [1.54, 1.807) is 0 Å². The summed E-state index contributed by atoms with van der Waals surface area (Å²) in [4.78, 5) is 3.18. The summed E-state index contributed by atoms with van der Waals surface area (Å²) in [5, 5.41) is 12.9. The molecule has 1 aliphatic heterocycles. The number of aliphatic hydroxyl groups excluding tert-OH is 1. The van der Waals surface area contributed by atoms with E-state index in [1.165, 1.54) is 0 Å². The van der Waals surface area contributed by atoms with Crippen molar-refractivity contribution in [1.82, 2.24) is 4.98 Å². The molecule has 5 nitrogen and oxygen atoms in total. The van der Waals surface area contributed by atoms with Crippen LogP contribution in [0.25, 0.3) is 0 Å². The fourth-order valence-electron chi connectivity index (χ4n) is 2.48. The van der Waals surface area contributed by atoms with Crippen LogP contribution in [0.15, 0.2) is 23.6 Å². The Morgan fingerprint density at radius 2 is 1.63 bits per heavy atom. The first kappa shape index (κ1) is 21.2. The van der Waals surface area contributed by atoms with Gasteiger partial charge in [0.05, 0.1) is 23.4 Å². The summed E-state index contributed by atoms with van der Waals surface area (Å²) >= 11 is 0. The maximum Gasteiger partial charge on any atom is 0.431 e. The van der Waals surface area contributed by atoms with E-state index < -0.39 is 53.7 Å². The second kappa shape index (κ2) is 6.82. The van der Waals surface area contributed by atoms with E-state index in [1.807, 2.05) is 0 Å². The lowest BCUT2D eigenvalue weighted by Crippen LogP contribution is -2.50. The summed E-state index contributed by atoms with van der Waals surface area (Å²) in [5.74, 6) is -2.75. The molecule has 1 N–H and O–H groups in total. The third-order valence-corrected chi connectivity index (χ3v) is 3.61. The predicted molar refractivity (Wildman–Crippen MR) is 71.6 cm³/mol. The lowest BCUT2D eigenvalue weighted by molar-refractivity contribution is -0.229. The Morgan fingerprint density at radius 1 is 1.04 bits per heavy atom. The third-order valence-electron chi connectivity index (χ3n) is 3.61. The number of methoxy groups -OCH3 is 1. The van der Waals surface area contributed by atoms with Gasteiger partial charge in [-0.3, -0.25) is 4.98 Å². The number of hydrogen-bond acceptors (Lipinski definition) is 5. The highest BCUT2D eigenvalue weighted by atomic mass is 19.4. The van der Waals surface area contributed by atoms with Crippen molar-refractivity contribution in [2.24, 2.45) is 11.0 Å². The van der Waals surface area contributed by atoms with E-state index in [-0.39, 0.29) is 5.01 Å². The molecule has 0 aromatic carbocycles. The molecule has 14 heteroatoms. The second-order valence-electron chi connectivity index (χ2n) is 5.39. The van der Waals surface area contributed by atoms with Crippen molar-refractivity contribution in [1.29, 1.82) is 0 Å². The van der Waals surface area contributed by atoms with Gasteiger partial charge in [-0.15, -0.1) is 0 Å². The predicted octanol–water partition coefficient (Wildman–Crippen LogP) is 3.35. The highest BCUT2D eigenvalue weighted by molar-refractivity contribution is 5.95. The van der Waals surface area contributed by atoms with Gasteiger partial charge in [0.15, 0.2) is 18.0 Å². The molecule has 3 atom stereocenters. The minimum Gasteiger partial charge on any atom is -0.371 e. The molecule has 0 bridgehead atoms. The summed E-state index contributed by atoms with van der Waals surface area (Å²) in [6, 6.07) is 0.297. The highest BCUT2D eigenvalue weighted by Crippen LogP contribution is 2.41. The van der Waals surface area contributed by atoms with Crippen LogP contribution in [0, 0.1) is 5.92 Å². The molecule has 0 saturated carbocycles. The van der Waals surface area contributed by atoms with Crippen molar-refractivity contribution in [3.63, 3.8) is 0 Å². The zero-order valence-electron chi connectivity index (χ0n) is 13.1. The molecule has 0 saturated heterocycles. The van der Waals surface area contributed by atoms with Crippen LogP contribution in [0.5, 0.6) is 0 Å². The van der Waals surface area contributed by atoms with E-state index in [0.717, 1.165) is 0 Å². The van der Waals surface area contributed by atoms with Gasteiger partial charge < -0.3 is 9.84 Å². The Balaban J connectivity index is 2.53. The number of alkyl halides is 9. The van der Waals surface area contributed by atoms with Crippen LogP contribution >= 0.6 is 0 Å². The van der Waals surface area contributed by atoms with Gasteiger partial charge in [-0.25, -0.2) is 5.01 Å². The molecule has 3 unspecified atom stereocenters. The average Bonchev–Trinajstić information content (AvgIpc) is 2.84. The SMILES string of the molecule is COC(C1C(C(F)(F)F)=NN(c2cncc(C(F)(F)F)c2)C1O)C(F)(F)F. The Morgan fingerprint density at radius 3 is 2.07 bits per heavy atom. The lowest BCUT2D eigenvalue weighted by atomic mass is 9.94. The van der Waals surface area contributed by atoms with Crippen LogP contribution in [0.3, 0.4) is 0 Å². The van der Waals surface area contributed by atoms with E-state index in [2.05, 4.69) is 14.8 Å². The van der Waals surface area contributed by atoms with Crippen LogP contribution in [0.2, 0.25) is 0 Å². The molecule has 0 amide bonds. The first-order valence-electron chi connectivity index (χ1n) is 6.92. The van der Waals surface area contributed by atoms with Gasteiger partial charge in [0.25, 0.3) is 0 Å². The van der Waals surface area contributed by atoms with E-state index in [9.17, 15) is 44.6 Å². The van der Waals surface area contributed by atoms with Crippen molar-refractivity contribution < 1.29 is 49.4 Å². The maximum absolute atomic E-state index is 13.1. The van der Waals surface area contributed by atoms with Gasteiger partial charge in [0.2, 0.25) is 0 Å². The summed E-state index contributed by atoms with van der Waals surface area (Å²) in [5.41, 5.74) is -4.21. The van der Waals surface area contributed by atoms with Crippen LogP contribution < -0.4 is 5.01 Å². The molecule has 0 radical (unpaired) electrons. The lowest BCUT2D eigenvalue weighted by Gasteiger charge is -2.30. The molecule has 0 aliphatic carbocycles. The number of hydrogen-bond donors (Lipinski definition) is 1. The van der Waals surface area contributed by atoms with Gasteiger partial charge >= 0.3 is 18.5 Å². The summed E-state index contributed by atoms with van der Waals surface area (Å²) in [7, 11) is 0.480. The molecule has 27 heavy (non-hydrogen) atoms.